The van der Waals surface area contributed by atoms with Crippen LogP contribution in [0, 0.1) is 13.8 Å². The molecule has 0 fully saturated rings. The van der Waals surface area contributed by atoms with Gasteiger partial charge in [-0.3, -0.25) is 10.9 Å². The van der Waals surface area contributed by atoms with Crippen molar-refractivity contribution in [3.8, 4) is 11.5 Å². The molecule has 3 rings (SSSR count). The lowest BCUT2D eigenvalue weighted by molar-refractivity contribution is 0.473. The summed E-state index contributed by atoms with van der Waals surface area (Å²) in [5, 5.41) is 27.5. The molecule has 0 aliphatic carbocycles. The zero-order valence-corrected chi connectivity index (χ0v) is 16.0. The van der Waals surface area contributed by atoms with Crippen LogP contribution in [0.2, 0.25) is 0 Å². The van der Waals surface area contributed by atoms with Crippen molar-refractivity contribution in [2.45, 2.75) is 13.8 Å². The minimum absolute atomic E-state index is 0.0434. The van der Waals surface area contributed by atoms with Crippen LogP contribution in [-0.2, 0) is 0 Å². The summed E-state index contributed by atoms with van der Waals surface area (Å²) in [5.41, 5.74) is 14.5. The number of nitrogen functional groups attached to an aromatic ring is 1. The first-order valence-electron chi connectivity index (χ1n) is 8.72. The Hall–Kier alpha value is -4.14. The number of nitrogens with zero attached hydrogens (tertiary/aromatic N) is 4. The van der Waals surface area contributed by atoms with E-state index < -0.39 is 0 Å². The fourth-order valence-corrected chi connectivity index (χ4v) is 2.48. The maximum absolute atomic E-state index is 9.90. The van der Waals surface area contributed by atoms with Gasteiger partial charge >= 0.3 is 0 Å². The number of phenolic OH excluding ortho intramolecular Hbond substituents is 2. The van der Waals surface area contributed by atoms with Crippen LogP contribution in [0.3, 0.4) is 0 Å². The second-order valence-electron chi connectivity index (χ2n) is 6.34. The van der Waals surface area contributed by atoms with E-state index in [9.17, 15) is 10.2 Å². The molecule has 0 amide bonds. The highest BCUT2D eigenvalue weighted by Crippen LogP contribution is 2.17. The Morgan fingerprint density at radius 3 is 2.10 bits per heavy atom. The minimum atomic E-state index is 0.0434. The van der Waals surface area contributed by atoms with Gasteiger partial charge in [-0.1, -0.05) is 6.07 Å². The highest BCUT2D eigenvalue weighted by Gasteiger charge is 2.02. The van der Waals surface area contributed by atoms with Gasteiger partial charge in [0.15, 0.2) is 11.6 Å². The van der Waals surface area contributed by atoms with Crippen LogP contribution in [0.5, 0.6) is 11.5 Å². The molecule has 1 aromatic heterocycles. The Kier molecular flexibility index (Phi) is 5.88. The highest BCUT2D eigenvalue weighted by molar-refractivity contribution is 5.84. The summed E-state index contributed by atoms with van der Waals surface area (Å²) in [7, 11) is 0. The number of benzene rings is 2. The van der Waals surface area contributed by atoms with Crippen LogP contribution in [0.4, 0.5) is 17.6 Å². The third-order valence-electron chi connectivity index (χ3n) is 3.95. The van der Waals surface area contributed by atoms with Gasteiger partial charge in [0, 0.05) is 11.6 Å². The van der Waals surface area contributed by atoms with Gasteiger partial charge in [0.05, 0.1) is 12.4 Å². The Labute approximate surface area is 167 Å². The number of hydrogen-bond acceptors (Lipinski definition) is 9. The van der Waals surface area contributed by atoms with Gasteiger partial charge in [-0.15, -0.1) is 0 Å². The molecule has 0 radical (unpaired) electrons. The Morgan fingerprint density at radius 1 is 0.862 bits per heavy atom. The van der Waals surface area contributed by atoms with Crippen molar-refractivity contribution < 1.29 is 10.2 Å². The summed E-state index contributed by atoms with van der Waals surface area (Å²) in [6.45, 7) is 3.76. The topological polar surface area (TPSA) is 141 Å². The lowest BCUT2D eigenvalue weighted by Gasteiger charge is -2.05. The molecule has 0 bridgehead atoms. The fourth-order valence-electron chi connectivity index (χ4n) is 2.48. The third-order valence-corrected chi connectivity index (χ3v) is 3.95. The van der Waals surface area contributed by atoms with E-state index in [4.69, 9.17) is 5.73 Å². The quantitative estimate of drug-likeness (QED) is 0.321. The predicted molar refractivity (Wildman–Crippen MR) is 115 cm³/mol. The van der Waals surface area contributed by atoms with Gasteiger partial charge in [0.1, 0.15) is 11.5 Å². The third kappa shape index (κ3) is 5.42. The van der Waals surface area contributed by atoms with Gasteiger partial charge in [-0.2, -0.15) is 20.2 Å². The van der Waals surface area contributed by atoms with E-state index in [1.54, 1.807) is 42.6 Å². The average Bonchev–Trinajstić information content (AvgIpc) is 2.65. The first kappa shape index (κ1) is 19.6. The van der Waals surface area contributed by atoms with Crippen molar-refractivity contribution in [2.75, 3.05) is 16.6 Å². The first-order chi connectivity index (χ1) is 13.9. The van der Waals surface area contributed by atoms with Crippen molar-refractivity contribution >= 4 is 30.0 Å². The van der Waals surface area contributed by atoms with E-state index >= 15 is 0 Å². The molecule has 0 aliphatic rings. The van der Waals surface area contributed by atoms with Gasteiger partial charge in [0.25, 0.3) is 0 Å². The molecule has 0 aliphatic heterocycles. The van der Waals surface area contributed by atoms with Gasteiger partial charge in [0.2, 0.25) is 5.95 Å². The smallest absolute Gasteiger partial charge is 0.224 e. The van der Waals surface area contributed by atoms with Crippen LogP contribution < -0.4 is 16.6 Å². The molecule has 29 heavy (non-hydrogen) atoms. The summed E-state index contributed by atoms with van der Waals surface area (Å²) in [6.07, 6.45) is 3.09. The molecule has 0 spiro atoms. The maximum Gasteiger partial charge on any atom is 0.224 e. The summed E-state index contributed by atoms with van der Waals surface area (Å²) in [6, 6.07) is 11.9. The van der Waals surface area contributed by atoms with Crippen molar-refractivity contribution in [1.29, 1.82) is 0 Å². The fraction of sp³-hybridized carbons (Fsp3) is 0.100. The number of hydrazone groups is 2. The van der Waals surface area contributed by atoms with Crippen molar-refractivity contribution in [3.05, 3.63) is 64.7 Å². The standard InChI is InChI=1S/C20H21N7O2/c1-12-3-4-15(17(29)7-12)11-23-27-19-9-18(24-20(21)25-19)26-22-10-14-5-6-16(28)8-13(14)2/h3-11,28-29H,1-2H3,(H4,21,24,25,26,27)/b22-10+,23-11+. The molecule has 0 unspecified atom stereocenters. The van der Waals surface area contributed by atoms with Gasteiger partial charge in [-0.25, -0.2) is 0 Å². The highest BCUT2D eigenvalue weighted by atomic mass is 16.3. The van der Waals surface area contributed by atoms with Crippen LogP contribution in [0.1, 0.15) is 22.3 Å². The zero-order valence-electron chi connectivity index (χ0n) is 16.0. The molecule has 148 valence electrons. The molecule has 3 aromatic rings. The summed E-state index contributed by atoms with van der Waals surface area (Å²) in [4.78, 5) is 8.11. The summed E-state index contributed by atoms with van der Waals surface area (Å²) < 4.78 is 0. The Morgan fingerprint density at radius 2 is 1.48 bits per heavy atom. The van der Waals surface area contributed by atoms with E-state index in [1.165, 1.54) is 6.21 Å². The number of nitrogens with two attached hydrogens (primary N) is 1. The number of phenols is 2. The number of hydrogen-bond donors (Lipinski definition) is 5. The number of rotatable bonds is 6. The molecule has 2 aromatic carbocycles. The normalized spacial score (nSPS) is 11.2. The van der Waals surface area contributed by atoms with Crippen LogP contribution in [0.15, 0.2) is 52.7 Å². The molecule has 1 heterocycles. The lowest BCUT2D eigenvalue weighted by Crippen LogP contribution is -2.03. The number of aromatic hydroxyl groups is 2. The largest absolute Gasteiger partial charge is 0.508 e. The van der Waals surface area contributed by atoms with Gasteiger partial charge in [-0.05, 0) is 60.9 Å². The predicted octanol–water partition coefficient (Wildman–Crippen LogP) is 2.98. The number of aryl methyl sites for hydroxylation is 2. The zero-order chi connectivity index (χ0) is 20.8. The van der Waals surface area contributed by atoms with E-state index in [2.05, 4.69) is 31.0 Å². The van der Waals surface area contributed by atoms with Gasteiger partial charge < -0.3 is 15.9 Å². The maximum atomic E-state index is 9.90. The monoisotopic (exact) mass is 391 g/mol. The summed E-state index contributed by atoms with van der Waals surface area (Å²) >= 11 is 0. The molecule has 0 atom stereocenters. The van der Waals surface area contributed by atoms with Crippen LogP contribution >= 0.6 is 0 Å². The summed E-state index contributed by atoms with van der Waals surface area (Å²) in [5.74, 6) is 1.12. The first-order valence-corrected chi connectivity index (χ1v) is 8.72. The molecular formula is C20H21N7O2. The van der Waals surface area contributed by atoms with Crippen LogP contribution in [-0.4, -0.2) is 32.6 Å². The van der Waals surface area contributed by atoms with E-state index in [-0.39, 0.29) is 17.4 Å². The molecule has 0 saturated heterocycles. The Bertz CT molecular complexity index is 999. The average molecular weight is 391 g/mol. The second-order valence-corrected chi connectivity index (χ2v) is 6.34. The van der Waals surface area contributed by atoms with Crippen molar-refractivity contribution in [3.63, 3.8) is 0 Å². The SMILES string of the molecule is Cc1ccc(/C=N/Nc2cc(N/N=C/c3ccc(O)cc3C)nc(N)n2)c(O)c1. The number of nitrogens with one attached hydrogen (secondary N) is 2. The number of aromatic nitrogens is 2. The van der Waals surface area contributed by atoms with Crippen molar-refractivity contribution in [2.24, 2.45) is 10.2 Å². The molecule has 0 saturated carbocycles. The molecule has 9 nitrogen and oxygen atoms in total. The molecule has 6 N–H and O–H groups in total. The lowest BCUT2D eigenvalue weighted by atomic mass is 10.1. The van der Waals surface area contributed by atoms with Crippen LogP contribution in [0.25, 0.3) is 0 Å². The van der Waals surface area contributed by atoms with Crippen molar-refractivity contribution in [1.82, 2.24) is 9.97 Å². The molecular weight excluding hydrogens is 370 g/mol. The van der Waals surface area contributed by atoms with E-state index in [0.717, 1.165) is 16.7 Å². The van der Waals surface area contributed by atoms with E-state index in [1.807, 2.05) is 19.9 Å². The van der Waals surface area contributed by atoms with E-state index in [0.29, 0.717) is 17.2 Å². The minimum Gasteiger partial charge on any atom is -0.508 e. The molecule has 9 heteroatoms. The number of anilines is 3. The Balaban J connectivity index is 1.67. The second kappa shape index (κ2) is 8.70.